The molecule has 6 heteroatoms. The average Bonchev–Trinajstić information content (AvgIpc) is 3.42. The normalized spacial score (nSPS) is 19.7. The molecule has 6 nitrogen and oxygen atoms in total. The topological polar surface area (TPSA) is 80.0 Å². The quantitative estimate of drug-likeness (QED) is 0.684. The molecular formula is C24H26N4O2. The molecule has 1 aliphatic carbocycles. The van der Waals surface area contributed by atoms with Crippen LogP contribution in [-0.2, 0) is 6.54 Å². The third kappa shape index (κ3) is 3.31. The Hall–Kier alpha value is -2.99. The molecule has 1 amide bonds. The molecule has 5 rings (SSSR count). The first kappa shape index (κ1) is 19.0. The number of amides is 1. The van der Waals surface area contributed by atoms with Crippen molar-refractivity contribution >= 4 is 5.91 Å². The van der Waals surface area contributed by atoms with Crippen molar-refractivity contribution in [3.05, 3.63) is 59.5 Å². The SMILES string of the molecule is Cc1ccc(-c2cnn(CC3(C)CCCC3)c2)c(-c2ccc3c(c2)C(=O)NC3O)n1. The number of aliphatic hydroxyl groups is 1. The third-order valence-corrected chi connectivity index (χ3v) is 6.47. The number of aliphatic hydroxyl groups excluding tert-OH is 1. The zero-order valence-corrected chi connectivity index (χ0v) is 17.4. The Kier molecular flexibility index (Phi) is 4.47. The van der Waals surface area contributed by atoms with E-state index in [1.165, 1.54) is 25.7 Å². The van der Waals surface area contributed by atoms with Gasteiger partial charge in [-0.05, 0) is 37.3 Å². The first-order valence-corrected chi connectivity index (χ1v) is 10.6. The molecule has 1 atom stereocenters. The van der Waals surface area contributed by atoms with E-state index >= 15 is 0 Å². The maximum atomic E-state index is 12.2. The highest BCUT2D eigenvalue weighted by Crippen LogP contribution is 2.39. The van der Waals surface area contributed by atoms with Crippen LogP contribution in [0.2, 0.25) is 0 Å². The molecule has 3 heterocycles. The zero-order valence-electron chi connectivity index (χ0n) is 17.4. The van der Waals surface area contributed by atoms with Gasteiger partial charge in [-0.15, -0.1) is 0 Å². The monoisotopic (exact) mass is 402 g/mol. The van der Waals surface area contributed by atoms with E-state index in [2.05, 4.69) is 34.3 Å². The summed E-state index contributed by atoms with van der Waals surface area (Å²) in [7, 11) is 0. The minimum atomic E-state index is -0.943. The number of benzene rings is 1. The van der Waals surface area contributed by atoms with Gasteiger partial charge in [0, 0.05) is 46.3 Å². The molecule has 1 aliphatic heterocycles. The van der Waals surface area contributed by atoms with Crippen LogP contribution >= 0.6 is 0 Å². The van der Waals surface area contributed by atoms with E-state index in [-0.39, 0.29) is 5.91 Å². The van der Waals surface area contributed by atoms with Gasteiger partial charge in [0.05, 0.1) is 11.9 Å². The van der Waals surface area contributed by atoms with E-state index in [9.17, 15) is 9.90 Å². The zero-order chi connectivity index (χ0) is 20.9. The molecule has 1 aromatic carbocycles. The van der Waals surface area contributed by atoms with Crippen LogP contribution in [0, 0.1) is 12.3 Å². The fourth-order valence-electron chi connectivity index (χ4n) is 4.79. The van der Waals surface area contributed by atoms with Crippen molar-refractivity contribution in [2.45, 2.75) is 52.3 Å². The lowest BCUT2D eigenvalue weighted by Gasteiger charge is -2.22. The second-order valence-corrected chi connectivity index (χ2v) is 8.97. The molecule has 1 saturated carbocycles. The van der Waals surface area contributed by atoms with Crippen molar-refractivity contribution in [3.63, 3.8) is 0 Å². The van der Waals surface area contributed by atoms with E-state index in [1.54, 1.807) is 6.07 Å². The number of aromatic nitrogens is 3. The summed E-state index contributed by atoms with van der Waals surface area (Å²) in [5.74, 6) is -0.258. The Labute approximate surface area is 176 Å². The fraction of sp³-hybridized carbons (Fsp3) is 0.375. The van der Waals surface area contributed by atoms with Gasteiger partial charge in [0.25, 0.3) is 5.91 Å². The van der Waals surface area contributed by atoms with Crippen LogP contribution in [0.5, 0.6) is 0 Å². The van der Waals surface area contributed by atoms with Crippen LogP contribution in [0.25, 0.3) is 22.4 Å². The number of nitrogens with zero attached hydrogens (tertiary/aromatic N) is 3. The van der Waals surface area contributed by atoms with Gasteiger partial charge in [0.1, 0.15) is 0 Å². The summed E-state index contributed by atoms with van der Waals surface area (Å²) in [6.45, 7) is 5.24. The first-order chi connectivity index (χ1) is 14.4. The summed E-state index contributed by atoms with van der Waals surface area (Å²) in [5.41, 5.74) is 6.02. The van der Waals surface area contributed by atoms with Gasteiger partial charge in [-0.25, -0.2) is 0 Å². The maximum Gasteiger partial charge on any atom is 0.254 e. The van der Waals surface area contributed by atoms with Crippen molar-refractivity contribution < 1.29 is 9.90 Å². The summed E-state index contributed by atoms with van der Waals surface area (Å²) in [6, 6.07) is 9.59. The van der Waals surface area contributed by atoms with Gasteiger partial charge in [-0.1, -0.05) is 38.0 Å². The van der Waals surface area contributed by atoms with Crippen molar-refractivity contribution in [3.8, 4) is 22.4 Å². The molecule has 0 radical (unpaired) electrons. The number of hydrogen-bond donors (Lipinski definition) is 2. The molecule has 0 saturated heterocycles. The minimum Gasteiger partial charge on any atom is -0.369 e. The van der Waals surface area contributed by atoms with Crippen LogP contribution in [0.15, 0.2) is 42.7 Å². The lowest BCUT2D eigenvalue weighted by atomic mass is 9.89. The molecule has 2 aromatic heterocycles. The third-order valence-electron chi connectivity index (χ3n) is 6.47. The average molecular weight is 402 g/mol. The molecular weight excluding hydrogens is 376 g/mol. The highest BCUT2D eigenvalue weighted by atomic mass is 16.3. The number of pyridine rings is 1. The Morgan fingerprint density at radius 1 is 1.17 bits per heavy atom. The summed E-state index contributed by atoms with van der Waals surface area (Å²) in [6.07, 6.45) is 8.17. The number of nitrogens with one attached hydrogen (secondary N) is 1. The molecule has 3 aromatic rings. The van der Waals surface area contributed by atoms with Crippen molar-refractivity contribution in [2.75, 3.05) is 0 Å². The van der Waals surface area contributed by atoms with Crippen molar-refractivity contribution in [1.29, 1.82) is 0 Å². The second kappa shape index (κ2) is 7.06. The van der Waals surface area contributed by atoms with E-state index < -0.39 is 6.23 Å². The molecule has 154 valence electrons. The highest BCUT2D eigenvalue weighted by Gasteiger charge is 2.30. The van der Waals surface area contributed by atoms with E-state index in [0.717, 1.165) is 34.6 Å². The Morgan fingerprint density at radius 3 is 2.77 bits per heavy atom. The van der Waals surface area contributed by atoms with Crippen molar-refractivity contribution in [1.82, 2.24) is 20.1 Å². The van der Waals surface area contributed by atoms with Gasteiger partial charge in [-0.3, -0.25) is 14.5 Å². The Morgan fingerprint density at radius 2 is 1.97 bits per heavy atom. The molecule has 2 aliphatic rings. The second-order valence-electron chi connectivity index (χ2n) is 8.97. The number of fused-ring (bicyclic) bond motifs is 1. The Bertz CT molecular complexity index is 1130. The summed E-state index contributed by atoms with van der Waals surface area (Å²) < 4.78 is 2.05. The number of carbonyl (C=O) groups excluding carboxylic acids is 1. The van der Waals surface area contributed by atoms with Crippen molar-refractivity contribution in [2.24, 2.45) is 5.41 Å². The number of carbonyl (C=O) groups is 1. The lowest BCUT2D eigenvalue weighted by Crippen LogP contribution is -2.19. The van der Waals surface area contributed by atoms with Crippen LogP contribution in [-0.4, -0.2) is 25.8 Å². The molecule has 0 bridgehead atoms. The summed E-state index contributed by atoms with van der Waals surface area (Å²) in [4.78, 5) is 17.0. The highest BCUT2D eigenvalue weighted by molar-refractivity contribution is 6.00. The summed E-state index contributed by atoms with van der Waals surface area (Å²) in [5, 5.41) is 17.1. The molecule has 1 fully saturated rings. The van der Waals surface area contributed by atoms with Gasteiger partial charge in [-0.2, -0.15) is 5.10 Å². The maximum absolute atomic E-state index is 12.2. The van der Waals surface area contributed by atoms with E-state index in [4.69, 9.17) is 4.98 Å². The number of hydrogen-bond acceptors (Lipinski definition) is 4. The van der Waals surface area contributed by atoms with E-state index in [1.807, 2.05) is 31.3 Å². The predicted octanol–water partition coefficient (Wildman–Crippen LogP) is 4.24. The molecule has 1 unspecified atom stereocenters. The number of rotatable bonds is 4. The minimum absolute atomic E-state index is 0.258. The van der Waals surface area contributed by atoms with Gasteiger partial charge >= 0.3 is 0 Å². The van der Waals surface area contributed by atoms with Gasteiger partial charge < -0.3 is 10.4 Å². The van der Waals surface area contributed by atoms with Gasteiger partial charge in [0.2, 0.25) is 0 Å². The fourth-order valence-corrected chi connectivity index (χ4v) is 4.79. The Balaban J connectivity index is 1.53. The van der Waals surface area contributed by atoms with Gasteiger partial charge in [0.15, 0.2) is 6.23 Å². The van der Waals surface area contributed by atoms with Crippen LogP contribution in [0.3, 0.4) is 0 Å². The molecule has 2 N–H and O–H groups in total. The molecule has 30 heavy (non-hydrogen) atoms. The van der Waals surface area contributed by atoms with Crippen LogP contribution in [0.4, 0.5) is 0 Å². The van der Waals surface area contributed by atoms with E-state index in [0.29, 0.717) is 16.5 Å². The number of aryl methyl sites for hydroxylation is 1. The lowest BCUT2D eigenvalue weighted by molar-refractivity contribution is 0.0850. The smallest absolute Gasteiger partial charge is 0.254 e. The largest absolute Gasteiger partial charge is 0.369 e. The summed E-state index contributed by atoms with van der Waals surface area (Å²) >= 11 is 0. The predicted molar refractivity (Wildman–Crippen MR) is 115 cm³/mol. The van der Waals surface area contributed by atoms with Crippen LogP contribution < -0.4 is 5.32 Å². The standard InChI is InChI=1S/C24H26N4O2/c1-15-5-7-18(17-12-25-28(13-17)14-24(2)9-3-4-10-24)21(26-15)16-6-8-19-20(11-16)23(30)27-22(19)29/h5-8,11-13,22,29H,3-4,9-10,14H2,1-2H3,(H,27,30). The first-order valence-electron chi connectivity index (χ1n) is 10.6. The molecule has 0 spiro atoms. The van der Waals surface area contributed by atoms with Crippen LogP contribution in [0.1, 0.15) is 60.5 Å².